The molecule has 0 aliphatic rings. The van der Waals surface area contributed by atoms with Gasteiger partial charge in [-0.1, -0.05) is 78.3 Å². The molecule has 0 unspecified atom stereocenters. The van der Waals surface area contributed by atoms with Crippen molar-refractivity contribution >= 4 is 11.6 Å². The number of hydrogen-bond donors (Lipinski definition) is 1. The van der Waals surface area contributed by atoms with E-state index in [1.165, 1.54) is 0 Å². The number of furan rings is 1. The number of aromatic nitrogens is 2. The normalized spacial score (nSPS) is 10.9. The monoisotopic (exact) mass is 396 g/mol. The third-order valence-corrected chi connectivity index (χ3v) is 5.16. The lowest BCUT2D eigenvalue weighted by atomic mass is 9.95. The minimum absolute atomic E-state index is 0.697. The van der Waals surface area contributed by atoms with Gasteiger partial charge in [-0.25, -0.2) is 4.98 Å². The highest BCUT2D eigenvalue weighted by atomic mass is 35.5. The number of hydrogen-bond acceptors (Lipinski definition) is 2. The topological polar surface area (TPSA) is 41.8 Å². The van der Waals surface area contributed by atoms with Gasteiger partial charge in [-0.05, 0) is 23.8 Å². The van der Waals surface area contributed by atoms with Gasteiger partial charge in [-0.15, -0.1) is 0 Å². The SMILES string of the molecule is Clc1cccc(-c2ccoc2-c2ccccc2-c2[nH]cnc2-c2ccccc2)c1. The van der Waals surface area contributed by atoms with Gasteiger partial charge < -0.3 is 9.40 Å². The van der Waals surface area contributed by atoms with E-state index < -0.39 is 0 Å². The van der Waals surface area contributed by atoms with Gasteiger partial charge in [-0.3, -0.25) is 0 Å². The van der Waals surface area contributed by atoms with Crippen LogP contribution in [0.1, 0.15) is 0 Å². The lowest BCUT2D eigenvalue weighted by Gasteiger charge is -2.10. The molecular formula is C25H17ClN2O. The van der Waals surface area contributed by atoms with Gasteiger partial charge in [-0.2, -0.15) is 0 Å². The van der Waals surface area contributed by atoms with Crippen LogP contribution in [0.4, 0.5) is 0 Å². The zero-order chi connectivity index (χ0) is 19.6. The maximum atomic E-state index is 6.22. The molecule has 0 fully saturated rings. The molecule has 2 aromatic heterocycles. The largest absolute Gasteiger partial charge is 0.464 e. The summed E-state index contributed by atoms with van der Waals surface area (Å²) in [4.78, 5) is 7.89. The maximum Gasteiger partial charge on any atom is 0.142 e. The molecular weight excluding hydrogens is 380 g/mol. The lowest BCUT2D eigenvalue weighted by molar-refractivity contribution is 0.583. The number of nitrogens with one attached hydrogen (secondary N) is 1. The molecule has 2 heterocycles. The molecule has 0 saturated heterocycles. The summed E-state index contributed by atoms with van der Waals surface area (Å²) < 4.78 is 5.95. The zero-order valence-electron chi connectivity index (χ0n) is 15.5. The predicted molar refractivity (Wildman–Crippen MR) is 118 cm³/mol. The highest BCUT2D eigenvalue weighted by molar-refractivity contribution is 6.30. The summed E-state index contributed by atoms with van der Waals surface area (Å²) in [5.74, 6) is 0.802. The summed E-state index contributed by atoms with van der Waals surface area (Å²) in [7, 11) is 0. The van der Waals surface area contributed by atoms with Gasteiger partial charge in [0.1, 0.15) is 5.76 Å². The molecule has 3 nitrogen and oxygen atoms in total. The Kier molecular flexibility index (Phi) is 4.51. The first-order chi connectivity index (χ1) is 14.3. The van der Waals surface area contributed by atoms with Crippen LogP contribution in [0.5, 0.6) is 0 Å². The molecule has 3 aromatic carbocycles. The minimum atomic E-state index is 0.697. The van der Waals surface area contributed by atoms with Crippen LogP contribution in [-0.4, -0.2) is 9.97 Å². The first-order valence-corrected chi connectivity index (χ1v) is 9.71. The van der Waals surface area contributed by atoms with Crippen molar-refractivity contribution in [3.8, 4) is 45.0 Å². The summed E-state index contributed by atoms with van der Waals surface area (Å²) in [6.07, 6.45) is 3.45. The van der Waals surface area contributed by atoms with Crippen LogP contribution in [-0.2, 0) is 0 Å². The second kappa shape index (κ2) is 7.46. The summed E-state index contributed by atoms with van der Waals surface area (Å²) in [5.41, 5.74) is 6.97. The Morgan fingerprint density at radius 3 is 2.31 bits per heavy atom. The van der Waals surface area contributed by atoms with E-state index in [-0.39, 0.29) is 0 Å². The van der Waals surface area contributed by atoms with Crippen LogP contribution in [0.3, 0.4) is 0 Å². The van der Waals surface area contributed by atoms with Crippen LogP contribution in [0.15, 0.2) is 102 Å². The molecule has 0 radical (unpaired) electrons. The van der Waals surface area contributed by atoms with Crippen molar-refractivity contribution < 1.29 is 4.42 Å². The van der Waals surface area contributed by atoms with Crippen molar-refractivity contribution in [2.45, 2.75) is 0 Å². The van der Waals surface area contributed by atoms with Crippen molar-refractivity contribution in [1.82, 2.24) is 9.97 Å². The van der Waals surface area contributed by atoms with Gasteiger partial charge in [0.2, 0.25) is 0 Å². The van der Waals surface area contributed by atoms with E-state index in [1.807, 2.05) is 60.7 Å². The molecule has 0 saturated carbocycles. The van der Waals surface area contributed by atoms with Crippen LogP contribution >= 0.6 is 11.6 Å². The van der Waals surface area contributed by atoms with E-state index in [4.69, 9.17) is 16.0 Å². The molecule has 0 bridgehead atoms. The third kappa shape index (κ3) is 3.26. The Labute approximate surface area is 173 Å². The van der Waals surface area contributed by atoms with Gasteiger partial charge in [0.15, 0.2) is 0 Å². The second-order valence-corrected chi connectivity index (χ2v) is 7.15. The molecule has 0 spiro atoms. The molecule has 0 aliphatic carbocycles. The third-order valence-electron chi connectivity index (χ3n) is 4.93. The number of imidazole rings is 1. The highest BCUT2D eigenvalue weighted by Gasteiger charge is 2.19. The summed E-state index contributed by atoms with van der Waals surface area (Å²) in [6, 6.07) is 28.1. The quantitative estimate of drug-likeness (QED) is 0.345. The average Bonchev–Trinajstić information content (AvgIpc) is 3.44. The zero-order valence-corrected chi connectivity index (χ0v) is 16.2. The second-order valence-electron chi connectivity index (χ2n) is 6.71. The number of H-pyrrole nitrogens is 1. The molecule has 29 heavy (non-hydrogen) atoms. The van der Waals surface area contributed by atoms with Crippen LogP contribution < -0.4 is 0 Å². The van der Waals surface area contributed by atoms with Crippen molar-refractivity contribution in [2.75, 3.05) is 0 Å². The van der Waals surface area contributed by atoms with E-state index in [0.29, 0.717) is 5.02 Å². The van der Waals surface area contributed by atoms with Gasteiger partial charge in [0.25, 0.3) is 0 Å². The van der Waals surface area contributed by atoms with Crippen LogP contribution in [0.2, 0.25) is 5.02 Å². The number of aromatic amines is 1. The molecule has 140 valence electrons. The highest BCUT2D eigenvalue weighted by Crippen LogP contribution is 2.40. The van der Waals surface area contributed by atoms with Crippen LogP contribution in [0, 0.1) is 0 Å². The van der Waals surface area contributed by atoms with Crippen molar-refractivity contribution in [3.05, 3.63) is 103 Å². The van der Waals surface area contributed by atoms with Crippen molar-refractivity contribution in [3.63, 3.8) is 0 Å². The lowest BCUT2D eigenvalue weighted by Crippen LogP contribution is -1.89. The smallest absolute Gasteiger partial charge is 0.142 e. The Hall–Kier alpha value is -3.56. The van der Waals surface area contributed by atoms with Crippen molar-refractivity contribution in [1.29, 1.82) is 0 Å². The van der Waals surface area contributed by atoms with Gasteiger partial charge in [0, 0.05) is 27.3 Å². The maximum absolute atomic E-state index is 6.22. The van der Waals surface area contributed by atoms with E-state index in [0.717, 1.165) is 45.0 Å². The van der Waals surface area contributed by atoms with Gasteiger partial charge in [0.05, 0.1) is 24.0 Å². The molecule has 0 aliphatic heterocycles. The number of nitrogens with zero attached hydrogens (tertiary/aromatic N) is 1. The number of halogens is 1. The standard InChI is InChI=1S/C25H17ClN2O/c26-19-10-6-9-18(15-19)20-13-14-29-25(20)22-12-5-4-11-21(22)24-23(27-16-28-24)17-7-2-1-3-8-17/h1-16H,(H,27,28). The minimum Gasteiger partial charge on any atom is -0.464 e. The molecule has 0 amide bonds. The molecule has 1 N–H and O–H groups in total. The van der Waals surface area contributed by atoms with Gasteiger partial charge >= 0.3 is 0 Å². The van der Waals surface area contributed by atoms with E-state index >= 15 is 0 Å². The summed E-state index contributed by atoms with van der Waals surface area (Å²) in [5, 5.41) is 0.697. The molecule has 0 atom stereocenters. The summed E-state index contributed by atoms with van der Waals surface area (Å²) in [6.45, 7) is 0. The Morgan fingerprint density at radius 2 is 1.48 bits per heavy atom. The first-order valence-electron chi connectivity index (χ1n) is 9.33. The Bertz CT molecular complexity index is 1270. The number of rotatable bonds is 4. The predicted octanol–water partition coefficient (Wildman–Crippen LogP) is 7.32. The first kappa shape index (κ1) is 17.5. The Balaban J connectivity index is 1.68. The fourth-order valence-electron chi connectivity index (χ4n) is 3.61. The van der Waals surface area contributed by atoms with E-state index in [2.05, 4.69) is 34.2 Å². The fourth-order valence-corrected chi connectivity index (χ4v) is 3.81. The van der Waals surface area contributed by atoms with Crippen molar-refractivity contribution in [2.24, 2.45) is 0 Å². The summed E-state index contributed by atoms with van der Waals surface area (Å²) >= 11 is 6.22. The molecule has 4 heteroatoms. The van der Waals surface area contributed by atoms with E-state index in [1.54, 1.807) is 12.6 Å². The Morgan fingerprint density at radius 1 is 0.724 bits per heavy atom. The van der Waals surface area contributed by atoms with E-state index in [9.17, 15) is 0 Å². The fraction of sp³-hybridized carbons (Fsp3) is 0. The average molecular weight is 397 g/mol. The van der Waals surface area contributed by atoms with Crippen LogP contribution in [0.25, 0.3) is 45.0 Å². The molecule has 5 rings (SSSR count). The molecule has 5 aromatic rings. The number of benzene rings is 3.